The second-order valence-electron chi connectivity index (χ2n) is 11.3. The fourth-order valence-electron chi connectivity index (χ4n) is 3.50. The third-order valence-electron chi connectivity index (χ3n) is 6.14. The van der Waals surface area contributed by atoms with Gasteiger partial charge in [0, 0.05) is 29.2 Å². The van der Waals surface area contributed by atoms with E-state index in [4.69, 9.17) is 67.5 Å². The molecule has 318 valence electrons. The number of nitrogens with one attached hydrogen (secondary N) is 1. The van der Waals surface area contributed by atoms with Crippen molar-refractivity contribution in [2.24, 2.45) is 5.11 Å². The van der Waals surface area contributed by atoms with Crippen LogP contribution in [0.25, 0.3) is 10.4 Å². The molecule has 0 rings (SSSR count). The van der Waals surface area contributed by atoms with Gasteiger partial charge in [0.15, 0.2) is 0 Å². The van der Waals surface area contributed by atoms with E-state index in [1.165, 1.54) is 21.6 Å². The van der Waals surface area contributed by atoms with Gasteiger partial charge in [-0.15, -0.1) is 0 Å². The molecule has 0 bridgehead atoms. The second-order valence-corrected chi connectivity index (χ2v) is 14.3. The molecular formula is C33H64N4O15S2. The van der Waals surface area contributed by atoms with E-state index in [1.54, 1.807) is 0 Å². The number of hydrogen-bond acceptors (Lipinski definition) is 17. The smallest absolute Gasteiger partial charge is 0.314 e. The van der Waals surface area contributed by atoms with E-state index in [1.807, 2.05) is 13.8 Å². The molecular weight excluding hydrogens is 757 g/mol. The van der Waals surface area contributed by atoms with Gasteiger partial charge in [0.05, 0.1) is 159 Å². The minimum Gasteiger partial charge on any atom is -0.481 e. The number of aliphatic carboxylic acids is 1. The van der Waals surface area contributed by atoms with Crippen LogP contribution in [0, 0.1) is 0 Å². The highest BCUT2D eigenvalue weighted by atomic mass is 33.1. The first-order valence-electron chi connectivity index (χ1n) is 18.1. The van der Waals surface area contributed by atoms with Crippen LogP contribution in [0.1, 0.15) is 20.3 Å². The van der Waals surface area contributed by atoms with Crippen molar-refractivity contribution in [1.82, 2.24) is 5.32 Å². The number of carbonyl (C=O) groups excluding carboxylic acids is 1. The molecule has 1 amide bonds. The molecule has 0 aromatic heterocycles. The summed E-state index contributed by atoms with van der Waals surface area (Å²) < 4.78 is 64.9. The van der Waals surface area contributed by atoms with E-state index in [2.05, 4.69) is 15.3 Å². The van der Waals surface area contributed by atoms with Crippen molar-refractivity contribution < 1.29 is 71.5 Å². The van der Waals surface area contributed by atoms with Gasteiger partial charge in [-0.1, -0.05) is 26.7 Å². The van der Waals surface area contributed by atoms with Crippen LogP contribution in [0.4, 0.5) is 0 Å². The maximum atomic E-state index is 12.0. The highest BCUT2D eigenvalue weighted by Gasteiger charge is 2.20. The number of azide groups is 1. The molecule has 54 heavy (non-hydrogen) atoms. The lowest BCUT2D eigenvalue weighted by atomic mass is 10.2. The van der Waals surface area contributed by atoms with Crippen LogP contribution in [-0.2, 0) is 66.4 Å². The number of amides is 1. The molecule has 0 saturated carbocycles. The fraction of sp³-hybridized carbons (Fsp3) is 0.939. The van der Waals surface area contributed by atoms with E-state index in [0.29, 0.717) is 172 Å². The lowest BCUT2D eigenvalue weighted by molar-refractivity contribution is -0.134. The first kappa shape index (κ1) is 52.5. The van der Waals surface area contributed by atoms with Gasteiger partial charge in [0.25, 0.3) is 0 Å². The van der Waals surface area contributed by atoms with Crippen LogP contribution in [-0.4, -0.2) is 199 Å². The van der Waals surface area contributed by atoms with Crippen molar-refractivity contribution in [2.75, 3.05) is 177 Å². The summed E-state index contributed by atoms with van der Waals surface area (Å²) in [7, 11) is 2.70. The zero-order valence-corrected chi connectivity index (χ0v) is 33.8. The first-order valence-corrected chi connectivity index (χ1v) is 20.4. The molecule has 0 aromatic rings. The number of nitrogens with zero attached hydrogens (tertiary/aromatic N) is 3. The van der Waals surface area contributed by atoms with E-state index in [0.717, 1.165) is 0 Å². The maximum Gasteiger partial charge on any atom is 0.314 e. The number of ether oxygens (including phenoxy) is 12. The van der Waals surface area contributed by atoms with Gasteiger partial charge in [-0.2, -0.15) is 0 Å². The first-order chi connectivity index (χ1) is 26.4. The summed E-state index contributed by atoms with van der Waals surface area (Å²) in [6.07, 6.45) is 0.248. The number of hydrogen-bond donors (Lipinski definition) is 2. The largest absolute Gasteiger partial charge is 0.481 e. The number of carboxylic acid groups (broad SMARTS) is 1. The Morgan fingerprint density at radius 2 is 0.852 bits per heavy atom. The Labute approximate surface area is 327 Å². The Bertz CT molecular complexity index is 897. The van der Waals surface area contributed by atoms with E-state index >= 15 is 0 Å². The molecule has 0 aromatic carbocycles. The summed E-state index contributed by atoms with van der Waals surface area (Å²) in [5, 5.41) is 14.9. The van der Waals surface area contributed by atoms with Crippen molar-refractivity contribution in [3.63, 3.8) is 0 Å². The molecule has 0 radical (unpaired) electrons. The summed E-state index contributed by atoms with van der Waals surface area (Å²) in [5.74, 6) is -0.951. The van der Waals surface area contributed by atoms with Crippen LogP contribution in [0.2, 0.25) is 0 Å². The average molecular weight is 821 g/mol. The van der Waals surface area contributed by atoms with Crippen LogP contribution in [0.5, 0.6) is 0 Å². The zero-order valence-electron chi connectivity index (χ0n) is 32.1. The summed E-state index contributed by atoms with van der Waals surface area (Å²) >= 11 is 0. The van der Waals surface area contributed by atoms with Crippen LogP contribution in [0.15, 0.2) is 5.11 Å². The Morgan fingerprint density at radius 3 is 1.15 bits per heavy atom. The quantitative estimate of drug-likeness (QED) is 0.0295. The van der Waals surface area contributed by atoms with Crippen LogP contribution >= 0.6 is 21.6 Å². The predicted octanol–water partition coefficient (Wildman–Crippen LogP) is 2.25. The molecule has 0 aliphatic rings. The van der Waals surface area contributed by atoms with Gasteiger partial charge < -0.3 is 67.3 Å². The summed E-state index contributed by atoms with van der Waals surface area (Å²) in [6, 6.07) is 0. The molecule has 19 nitrogen and oxygen atoms in total. The molecule has 0 aliphatic heterocycles. The maximum absolute atomic E-state index is 12.0. The van der Waals surface area contributed by atoms with E-state index < -0.39 is 5.97 Å². The molecule has 2 N–H and O–H groups in total. The third-order valence-corrected chi connectivity index (χ3v) is 9.28. The fourth-order valence-corrected chi connectivity index (χ4v) is 5.73. The van der Waals surface area contributed by atoms with E-state index in [9.17, 15) is 9.59 Å². The number of rotatable bonds is 45. The minimum atomic E-state index is -0.859. The highest BCUT2D eigenvalue weighted by Crippen LogP contribution is 2.34. The Balaban J connectivity index is 3.18. The molecule has 0 aliphatic carbocycles. The van der Waals surface area contributed by atoms with Gasteiger partial charge in [-0.05, 0) is 19.4 Å². The Kier molecular flexibility index (Phi) is 41.4. The lowest BCUT2D eigenvalue weighted by Gasteiger charge is -2.23. The molecule has 0 atom stereocenters. The van der Waals surface area contributed by atoms with Crippen LogP contribution < -0.4 is 5.32 Å². The van der Waals surface area contributed by atoms with Crippen LogP contribution in [0.3, 0.4) is 0 Å². The SMILES string of the molecule is CC(C)(CNC(=O)CCOCCOCCOCCOCCOCCOCCOCCOCCOCCOCCOCCOCCN=[N+]=[N-])SSCC(=O)O. The van der Waals surface area contributed by atoms with Crippen molar-refractivity contribution in [3.05, 3.63) is 10.4 Å². The van der Waals surface area contributed by atoms with Gasteiger partial charge in [-0.3, -0.25) is 9.59 Å². The minimum absolute atomic E-state index is 0.0193. The van der Waals surface area contributed by atoms with Crippen molar-refractivity contribution >= 4 is 33.5 Å². The van der Waals surface area contributed by atoms with Crippen molar-refractivity contribution in [2.45, 2.75) is 25.0 Å². The molecule has 0 spiro atoms. The molecule has 0 fully saturated rings. The topological polar surface area (TPSA) is 226 Å². The van der Waals surface area contributed by atoms with Gasteiger partial charge in [-0.25, -0.2) is 0 Å². The average Bonchev–Trinajstić information content (AvgIpc) is 3.14. The molecule has 0 saturated heterocycles. The third kappa shape index (κ3) is 44.9. The molecule has 0 unspecified atom stereocenters. The summed E-state index contributed by atoms with van der Waals surface area (Å²) in [4.78, 5) is 25.2. The Morgan fingerprint density at radius 1 is 0.556 bits per heavy atom. The normalized spacial score (nSPS) is 11.5. The lowest BCUT2D eigenvalue weighted by Crippen LogP contribution is -2.36. The molecule has 21 heteroatoms. The van der Waals surface area contributed by atoms with Gasteiger partial charge in [0.2, 0.25) is 5.91 Å². The second kappa shape index (κ2) is 42.6. The number of carbonyl (C=O) groups is 2. The van der Waals surface area contributed by atoms with Crippen molar-refractivity contribution in [1.29, 1.82) is 0 Å². The van der Waals surface area contributed by atoms with Gasteiger partial charge in [0.1, 0.15) is 5.75 Å². The highest BCUT2D eigenvalue weighted by molar-refractivity contribution is 8.77. The zero-order chi connectivity index (χ0) is 39.5. The number of carboxylic acids is 1. The monoisotopic (exact) mass is 820 g/mol. The van der Waals surface area contributed by atoms with Crippen molar-refractivity contribution in [3.8, 4) is 0 Å². The standard InChI is InChI=1S/C33H64N4O15S2/c1-33(2,54-53-29-32(39)40)30-35-31(38)3-5-41-7-9-43-11-13-45-15-17-47-19-21-49-23-25-51-27-28-52-26-24-50-22-20-48-18-16-46-14-12-44-10-8-42-6-4-36-37-34/h3-30H2,1-2H3,(H,35,38)(H,39,40). The predicted molar refractivity (Wildman–Crippen MR) is 203 cm³/mol. The summed E-state index contributed by atoms with van der Waals surface area (Å²) in [5.41, 5.74) is 8.14. The van der Waals surface area contributed by atoms with E-state index in [-0.39, 0.29) is 22.8 Å². The summed E-state index contributed by atoms with van der Waals surface area (Å²) in [6.45, 7) is 15.6. The van der Waals surface area contributed by atoms with Gasteiger partial charge >= 0.3 is 5.97 Å². The molecule has 0 heterocycles. The Hall–Kier alpha value is -1.53.